The van der Waals surface area contributed by atoms with Crippen LogP contribution in [0.3, 0.4) is 0 Å². The van der Waals surface area contributed by atoms with Crippen LogP contribution in [0.5, 0.6) is 5.75 Å². The van der Waals surface area contributed by atoms with Gasteiger partial charge in [0.15, 0.2) is 0 Å². The Bertz CT molecular complexity index is 600. The van der Waals surface area contributed by atoms with Gasteiger partial charge in [-0.2, -0.15) is 0 Å². The van der Waals surface area contributed by atoms with Crippen molar-refractivity contribution in [3.63, 3.8) is 0 Å². The van der Waals surface area contributed by atoms with E-state index in [1.165, 1.54) is 13.0 Å². The van der Waals surface area contributed by atoms with Crippen LogP contribution in [0.25, 0.3) is 0 Å². The van der Waals surface area contributed by atoms with E-state index in [4.69, 9.17) is 3.73 Å². The van der Waals surface area contributed by atoms with Crippen molar-refractivity contribution in [1.82, 2.24) is 0 Å². The number of anilines is 1. The van der Waals surface area contributed by atoms with Gasteiger partial charge in [0.2, 0.25) is 0 Å². The van der Waals surface area contributed by atoms with Crippen molar-refractivity contribution in [2.24, 2.45) is 5.92 Å². The molecule has 1 unspecified atom stereocenters. The molecule has 1 rings (SSSR count). The second-order valence-electron chi connectivity index (χ2n) is 4.62. The third kappa shape index (κ3) is 4.65. The minimum atomic E-state index is -5.17. The Morgan fingerprint density at radius 2 is 2.05 bits per heavy atom. The number of rotatable bonds is 5. The molecule has 2 atom stereocenters. The van der Waals surface area contributed by atoms with Crippen molar-refractivity contribution >= 4 is 36.1 Å². The molecule has 1 aromatic carbocycles. The molecule has 0 bridgehead atoms. The molecule has 8 heteroatoms. The first-order chi connectivity index (χ1) is 9.67. The Labute approximate surface area is 125 Å². The molecule has 1 aromatic rings. The van der Waals surface area contributed by atoms with E-state index in [0.717, 1.165) is 12.1 Å². The van der Waals surface area contributed by atoms with Crippen molar-refractivity contribution in [2.75, 3.05) is 5.32 Å². The van der Waals surface area contributed by atoms with E-state index in [0.29, 0.717) is 6.42 Å². The molecule has 0 aliphatic heterocycles. The summed E-state index contributed by atoms with van der Waals surface area (Å²) in [6.07, 6.45) is 0.475. The Morgan fingerprint density at radius 1 is 1.43 bits per heavy atom. The number of nitrogens with one attached hydrogen (secondary N) is 1. The Hall–Kier alpha value is -1.72. The second-order valence-corrected chi connectivity index (χ2v) is 8.20. The predicted molar refractivity (Wildman–Crippen MR) is 76.3 cm³/mol. The molecule has 0 fully saturated rings. The number of aromatic hydroxyl groups is 1. The molecule has 0 saturated heterocycles. The number of phenols is 1. The molecular formula is C13H18AsNO6. The van der Waals surface area contributed by atoms with Gasteiger partial charge >= 0.3 is 125 Å². The zero-order valence-electron chi connectivity index (χ0n) is 12.0. The van der Waals surface area contributed by atoms with Crippen molar-refractivity contribution in [3.8, 4) is 5.75 Å². The van der Waals surface area contributed by atoms with Crippen LogP contribution in [0.15, 0.2) is 18.2 Å². The maximum atomic E-state index is 12.3. The van der Waals surface area contributed by atoms with Gasteiger partial charge < -0.3 is 0 Å². The third-order valence-electron chi connectivity index (χ3n) is 2.82. The van der Waals surface area contributed by atoms with Gasteiger partial charge in [-0.25, -0.2) is 0 Å². The summed E-state index contributed by atoms with van der Waals surface area (Å²) in [6, 6.07) is 3.46. The summed E-state index contributed by atoms with van der Waals surface area (Å²) >= 11 is -5.17. The summed E-state index contributed by atoms with van der Waals surface area (Å²) in [7, 11) is 0. The molecule has 0 heterocycles. The molecule has 0 aromatic heterocycles. The van der Waals surface area contributed by atoms with E-state index >= 15 is 0 Å². The maximum absolute atomic E-state index is 12.3. The van der Waals surface area contributed by atoms with Crippen LogP contribution in [-0.2, 0) is 17.1 Å². The predicted octanol–water partition coefficient (Wildman–Crippen LogP) is 0.509. The molecule has 1 amide bonds. The zero-order valence-corrected chi connectivity index (χ0v) is 13.9. The van der Waals surface area contributed by atoms with Gasteiger partial charge in [0.25, 0.3) is 0 Å². The van der Waals surface area contributed by atoms with Crippen molar-refractivity contribution in [3.05, 3.63) is 18.2 Å². The zero-order chi connectivity index (χ0) is 16.2. The number of hydrogen-bond acceptors (Lipinski definition) is 5. The third-order valence-corrected chi connectivity index (χ3v) is 5.82. The van der Waals surface area contributed by atoms with Gasteiger partial charge in [-0.1, -0.05) is 0 Å². The molecule has 3 N–H and O–H groups in total. The van der Waals surface area contributed by atoms with Crippen LogP contribution in [0.1, 0.15) is 27.2 Å². The van der Waals surface area contributed by atoms with Gasteiger partial charge in [0, 0.05) is 0 Å². The second kappa shape index (κ2) is 6.82. The normalized spacial score (nSPS) is 14.9. The van der Waals surface area contributed by atoms with Gasteiger partial charge in [-0.3, -0.25) is 0 Å². The Kier molecular flexibility index (Phi) is 5.63. The summed E-state index contributed by atoms with van der Waals surface area (Å²) in [4.78, 5) is 22.8. The first-order valence-electron chi connectivity index (χ1n) is 6.34. The monoisotopic (exact) mass is 359 g/mol. The first-order valence-corrected chi connectivity index (χ1v) is 9.65. The summed E-state index contributed by atoms with van der Waals surface area (Å²) in [5.41, 5.74) is -0.0514. The summed E-state index contributed by atoms with van der Waals surface area (Å²) in [6.45, 7) is 4.56. The van der Waals surface area contributed by atoms with E-state index in [1.54, 1.807) is 13.8 Å². The van der Waals surface area contributed by atoms with Gasteiger partial charge in [0.05, 0.1) is 0 Å². The summed E-state index contributed by atoms with van der Waals surface area (Å²) in [5.74, 6) is -1.95. The van der Waals surface area contributed by atoms with E-state index in [1.807, 2.05) is 0 Å². The fourth-order valence-corrected chi connectivity index (χ4v) is 4.03. The number of carbonyl (C=O) groups excluding carboxylic acids is 2. The van der Waals surface area contributed by atoms with Crippen LogP contribution in [0, 0.1) is 5.92 Å². The standard InChI is InChI=1S/C13H18AsNO6/c1-4-8(2)13(18)21-14(19,20)11-6-5-10(17)7-12(11)15-9(3)16/h5-8,17H,4H2,1-3H3,(H,15,16)(H,19,20)/t8-/m0/s1. The van der Waals surface area contributed by atoms with Gasteiger partial charge in [-0.05, 0) is 0 Å². The first kappa shape index (κ1) is 17.3. The average molecular weight is 359 g/mol. The summed E-state index contributed by atoms with van der Waals surface area (Å²) < 4.78 is 26.9. The summed E-state index contributed by atoms with van der Waals surface area (Å²) in [5, 5.41) is 11.7. The number of phenolic OH excluding ortho intramolecular Hbond substituents is 1. The molecular weight excluding hydrogens is 341 g/mol. The Balaban J connectivity index is 3.15. The average Bonchev–Trinajstić information content (AvgIpc) is 2.36. The van der Waals surface area contributed by atoms with Gasteiger partial charge in [-0.15, -0.1) is 0 Å². The van der Waals surface area contributed by atoms with Crippen LogP contribution in [-0.4, -0.2) is 35.3 Å². The minimum absolute atomic E-state index is 0.0514. The van der Waals surface area contributed by atoms with Crippen molar-refractivity contribution < 1.29 is 26.3 Å². The molecule has 0 radical (unpaired) electrons. The Morgan fingerprint density at radius 3 is 2.57 bits per heavy atom. The topological polar surface area (TPSA) is 113 Å². The molecule has 0 aliphatic rings. The molecule has 116 valence electrons. The SMILES string of the molecule is CC[C@H](C)C(=O)O[As](=O)(O)c1ccc(O)cc1NC(C)=O. The molecule has 0 saturated carbocycles. The van der Waals surface area contributed by atoms with Crippen LogP contribution in [0.4, 0.5) is 5.69 Å². The molecule has 21 heavy (non-hydrogen) atoms. The van der Waals surface area contributed by atoms with Gasteiger partial charge in [0.1, 0.15) is 0 Å². The van der Waals surface area contributed by atoms with Crippen LogP contribution >= 0.6 is 0 Å². The number of carbonyl (C=O) groups is 2. The fourth-order valence-electron chi connectivity index (χ4n) is 1.49. The van der Waals surface area contributed by atoms with E-state index < -0.39 is 32.0 Å². The number of amides is 1. The fraction of sp³-hybridized carbons (Fsp3) is 0.385. The molecule has 0 aliphatic carbocycles. The van der Waals surface area contributed by atoms with Crippen LogP contribution in [0.2, 0.25) is 0 Å². The van der Waals surface area contributed by atoms with Crippen LogP contribution < -0.4 is 9.67 Å². The van der Waals surface area contributed by atoms with Crippen molar-refractivity contribution in [1.29, 1.82) is 0 Å². The van der Waals surface area contributed by atoms with E-state index in [9.17, 15) is 22.5 Å². The molecule has 7 nitrogen and oxygen atoms in total. The quantitative estimate of drug-likeness (QED) is 0.661. The number of benzene rings is 1. The van der Waals surface area contributed by atoms with E-state index in [-0.39, 0.29) is 15.8 Å². The number of hydrogen-bond donors (Lipinski definition) is 3. The van der Waals surface area contributed by atoms with E-state index in [2.05, 4.69) is 5.32 Å². The molecule has 0 spiro atoms. The van der Waals surface area contributed by atoms with Crippen molar-refractivity contribution in [2.45, 2.75) is 27.2 Å².